The molecule has 1 amide bonds. The molecule has 4 aliphatic carbocycles. The minimum atomic E-state index is -0.869. The van der Waals surface area contributed by atoms with Crippen LogP contribution in [0, 0.1) is 23.2 Å². The molecule has 2 N–H and O–H groups in total. The van der Waals surface area contributed by atoms with Crippen LogP contribution in [0.1, 0.15) is 90.4 Å². The Hall–Kier alpha value is -1.06. The largest absolute Gasteiger partial charge is 0.480 e. The smallest absolute Gasteiger partial charge is 0.326 e. The molecule has 4 saturated carbocycles. The van der Waals surface area contributed by atoms with Gasteiger partial charge in [0.25, 0.3) is 0 Å². The van der Waals surface area contributed by atoms with E-state index in [9.17, 15) is 14.7 Å². The Morgan fingerprint density at radius 2 is 1.48 bits per heavy atom. The SMILES string of the molecule is CCCCCCCC[C@H](NC(=O)C12CC3CC(CC(C3)C1)C2)C(=O)O. The molecule has 4 fully saturated rings. The summed E-state index contributed by atoms with van der Waals surface area (Å²) >= 11 is 0. The molecule has 0 heterocycles. The Balaban J connectivity index is 1.50. The molecular formula is C21H35NO3. The van der Waals surface area contributed by atoms with Crippen molar-refractivity contribution in [3.63, 3.8) is 0 Å². The van der Waals surface area contributed by atoms with Gasteiger partial charge in [-0.3, -0.25) is 4.79 Å². The number of carbonyl (C=O) groups is 2. The Kier molecular flexibility index (Phi) is 6.06. The first kappa shape index (κ1) is 18.7. The van der Waals surface area contributed by atoms with Crippen LogP contribution in [0.4, 0.5) is 0 Å². The van der Waals surface area contributed by atoms with Gasteiger partial charge < -0.3 is 10.4 Å². The zero-order valence-electron chi connectivity index (χ0n) is 15.8. The van der Waals surface area contributed by atoms with Crippen molar-refractivity contribution in [1.82, 2.24) is 5.32 Å². The summed E-state index contributed by atoms with van der Waals surface area (Å²) in [4.78, 5) is 24.6. The molecule has 4 bridgehead atoms. The summed E-state index contributed by atoms with van der Waals surface area (Å²) < 4.78 is 0. The van der Waals surface area contributed by atoms with E-state index in [1.165, 1.54) is 44.9 Å². The van der Waals surface area contributed by atoms with Crippen LogP contribution in [0.2, 0.25) is 0 Å². The fourth-order valence-corrected chi connectivity index (χ4v) is 6.09. The average molecular weight is 350 g/mol. The van der Waals surface area contributed by atoms with Crippen LogP contribution in [-0.4, -0.2) is 23.0 Å². The highest BCUT2D eigenvalue weighted by atomic mass is 16.4. The van der Waals surface area contributed by atoms with Crippen LogP contribution in [0.3, 0.4) is 0 Å². The van der Waals surface area contributed by atoms with Gasteiger partial charge in [-0.1, -0.05) is 45.4 Å². The van der Waals surface area contributed by atoms with Crippen molar-refractivity contribution >= 4 is 11.9 Å². The van der Waals surface area contributed by atoms with E-state index in [-0.39, 0.29) is 11.3 Å². The molecule has 4 nitrogen and oxygen atoms in total. The molecule has 4 rings (SSSR count). The van der Waals surface area contributed by atoms with E-state index in [1.807, 2.05) is 0 Å². The first-order valence-corrected chi connectivity index (χ1v) is 10.6. The Labute approximate surface area is 152 Å². The Bertz CT molecular complexity index is 452. The monoisotopic (exact) mass is 349 g/mol. The standard InChI is InChI=1S/C21H35NO3/c1-2-3-4-5-6-7-8-18(19(23)24)22-20(25)21-12-15-9-16(13-21)11-17(10-15)14-21/h15-18H,2-14H2,1H3,(H,22,25)(H,23,24)/t15?,16?,17?,18-,21?/m0/s1. The quantitative estimate of drug-likeness (QED) is 0.570. The van der Waals surface area contributed by atoms with Gasteiger partial charge in [-0.05, 0) is 62.7 Å². The van der Waals surface area contributed by atoms with E-state index < -0.39 is 12.0 Å². The zero-order valence-corrected chi connectivity index (χ0v) is 15.8. The second-order valence-corrected chi connectivity index (χ2v) is 9.12. The molecule has 0 aromatic heterocycles. The van der Waals surface area contributed by atoms with E-state index in [0.717, 1.165) is 32.1 Å². The van der Waals surface area contributed by atoms with E-state index >= 15 is 0 Å². The highest BCUT2D eigenvalue weighted by Crippen LogP contribution is 2.60. The highest BCUT2D eigenvalue weighted by molar-refractivity contribution is 5.87. The molecule has 0 aliphatic heterocycles. The number of unbranched alkanes of at least 4 members (excludes halogenated alkanes) is 5. The van der Waals surface area contributed by atoms with Gasteiger partial charge in [0.15, 0.2) is 0 Å². The molecule has 1 atom stereocenters. The maximum atomic E-state index is 13.0. The summed E-state index contributed by atoms with van der Waals surface area (Å²) in [6, 6.07) is -0.702. The van der Waals surface area contributed by atoms with Gasteiger partial charge in [0.1, 0.15) is 6.04 Å². The van der Waals surface area contributed by atoms with Gasteiger partial charge in [0.05, 0.1) is 0 Å². The molecule has 0 aromatic carbocycles. The van der Waals surface area contributed by atoms with Crippen molar-refractivity contribution in [2.45, 2.75) is 96.4 Å². The first-order chi connectivity index (χ1) is 12.0. The number of carboxylic acids is 1. The molecule has 0 aromatic rings. The van der Waals surface area contributed by atoms with Gasteiger partial charge in [0.2, 0.25) is 5.91 Å². The molecular weight excluding hydrogens is 314 g/mol. The third-order valence-corrected chi connectivity index (χ3v) is 6.97. The van der Waals surface area contributed by atoms with Crippen LogP contribution in [0.25, 0.3) is 0 Å². The zero-order chi connectivity index (χ0) is 17.9. The number of carboxylic acid groups (broad SMARTS) is 1. The van der Waals surface area contributed by atoms with Crippen molar-refractivity contribution < 1.29 is 14.7 Å². The number of hydrogen-bond acceptors (Lipinski definition) is 2. The fourth-order valence-electron chi connectivity index (χ4n) is 6.09. The summed E-state index contributed by atoms with van der Waals surface area (Å²) in [6.45, 7) is 2.19. The minimum absolute atomic E-state index is 0.0463. The molecule has 0 unspecified atom stereocenters. The molecule has 0 radical (unpaired) electrons. The number of amides is 1. The van der Waals surface area contributed by atoms with Gasteiger partial charge in [0, 0.05) is 5.41 Å². The van der Waals surface area contributed by atoms with E-state index in [0.29, 0.717) is 24.2 Å². The maximum absolute atomic E-state index is 13.0. The second kappa shape index (κ2) is 8.09. The third-order valence-electron chi connectivity index (χ3n) is 6.97. The normalized spacial score (nSPS) is 34.0. The predicted octanol–water partition coefficient (Wildman–Crippen LogP) is 4.52. The van der Waals surface area contributed by atoms with Crippen molar-refractivity contribution in [2.75, 3.05) is 0 Å². The number of hydrogen-bond donors (Lipinski definition) is 2. The predicted molar refractivity (Wildman–Crippen MR) is 98.2 cm³/mol. The molecule has 25 heavy (non-hydrogen) atoms. The van der Waals surface area contributed by atoms with Crippen molar-refractivity contribution in [2.24, 2.45) is 23.2 Å². The number of aliphatic carboxylic acids is 1. The lowest BCUT2D eigenvalue weighted by atomic mass is 9.49. The highest BCUT2D eigenvalue weighted by Gasteiger charge is 2.54. The topological polar surface area (TPSA) is 66.4 Å². The third kappa shape index (κ3) is 4.38. The van der Waals surface area contributed by atoms with Crippen LogP contribution in [0.15, 0.2) is 0 Å². The van der Waals surface area contributed by atoms with E-state index in [2.05, 4.69) is 12.2 Å². The summed E-state index contributed by atoms with van der Waals surface area (Å²) in [6.07, 6.45) is 14.3. The first-order valence-electron chi connectivity index (χ1n) is 10.6. The summed E-state index contributed by atoms with van der Waals surface area (Å²) in [5.74, 6) is 1.30. The Morgan fingerprint density at radius 1 is 0.960 bits per heavy atom. The lowest BCUT2D eigenvalue weighted by Gasteiger charge is -2.55. The molecule has 4 aliphatic rings. The number of rotatable bonds is 10. The van der Waals surface area contributed by atoms with E-state index in [4.69, 9.17) is 0 Å². The lowest BCUT2D eigenvalue weighted by Crippen LogP contribution is -2.56. The van der Waals surface area contributed by atoms with Gasteiger partial charge in [-0.2, -0.15) is 0 Å². The summed E-state index contributed by atoms with van der Waals surface area (Å²) in [5, 5.41) is 12.5. The fraction of sp³-hybridized carbons (Fsp3) is 0.905. The van der Waals surface area contributed by atoms with Crippen LogP contribution < -0.4 is 5.32 Å². The van der Waals surface area contributed by atoms with Crippen LogP contribution >= 0.6 is 0 Å². The number of nitrogens with one attached hydrogen (secondary N) is 1. The van der Waals surface area contributed by atoms with E-state index in [1.54, 1.807) is 0 Å². The van der Waals surface area contributed by atoms with Crippen molar-refractivity contribution in [3.05, 3.63) is 0 Å². The number of carbonyl (C=O) groups excluding carboxylic acids is 1. The summed E-state index contributed by atoms with van der Waals surface area (Å²) in [5.41, 5.74) is -0.246. The van der Waals surface area contributed by atoms with Gasteiger partial charge in [-0.25, -0.2) is 4.79 Å². The van der Waals surface area contributed by atoms with Crippen LogP contribution in [0.5, 0.6) is 0 Å². The van der Waals surface area contributed by atoms with Crippen LogP contribution in [-0.2, 0) is 9.59 Å². The van der Waals surface area contributed by atoms with Crippen molar-refractivity contribution in [1.29, 1.82) is 0 Å². The minimum Gasteiger partial charge on any atom is -0.480 e. The molecule has 0 saturated heterocycles. The molecule has 142 valence electrons. The van der Waals surface area contributed by atoms with Gasteiger partial charge in [-0.15, -0.1) is 0 Å². The van der Waals surface area contributed by atoms with Crippen molar-refractivity contribution in [3.8, 4) is 0 Å². The summed E-state index contributed by atoms with van der Waals surface area (Å²) in [7, 11) is 0. The maximum Gasteiger partial charge on any atom is 0.326 e. The second-order valence-electron chi connectivity index (χ2n) is 9.12. The Morgan fingerprint density at radius 3 is 2.00 bits per heavy atom. The lowest BCUT2D eigenvalue weighted by molar-refractivity contribution is -0.151. The van der Waals surface area contributed by atoms with Gasteiger partial charge >= 0.3 is 5.97 Å². The average Bonchev–Trinajstić information content (AvgIpc) is 2.55. The molecule has 0 spiro atoms. The molecule has 4 heteroatoms.